The maximum Gasteiger partial charge on any atom is 0.168 e. The Morgan fingerprint density at radius 1 is 0.903 bits per heavy atom. The molecule has 3 rings (SSSR count). The molecule has 0 bridgehead atoms. The molecule has 0 aliphatic heterocycles. The summed E-state index contributed by atoms with van der Waals surface area (Å²) in [6, 6.07) is 21.2. The topological polar surface area (TPSA) is 30.5 Å². The van der Waals surface area contributed by atoms with Crippen molar-refractivity contribution in [1.82, 2.24) is 0 Å². The van der Waals surface area contributed by atoms with E-state index in [4.69, 9.17) is 9.47 Å². The molecule has 0 atom stereocenters. The van der Waals surface area contributed by atoms with Crippen LogP contribution >= 0.6 is 0 Å². The molecule has 0 fully saturated rings. The minimum Gasteiger partial charge on any atom is -0.493 e. The van der Waals surface area contributed by atoms with Gasteiger partial charge in [-0.05, 0) is 64.4 Å². The molecule has 3 nitrogen and oxygen atoms in total. The summed E-state index contributed by atoms with van der Waals surface area (Å²) < 4.78 is 11.5. The monoisotopic (exact) mass is 415 g/mol. The first kappa shape index (κ1) is 22.5. The fraction of sp³-hybridized carbons (Fsp3) is 0.286. The van der Waals surface area contributed by atoms with Gasteiger partial charge in [-0.2, -0.15) is 0 Å². The van der Waals surface area contributed by atoms with E-state index < -0.39 is 0 Å². The number of ether oxygens (including phenoxy) is 2. The molecule has 162 valence electrons. The largest absolute Gasteiger partial charge is 0.493 e. The van der Waals surface area contributed by atoms with Gasteiger partial charge in [0.2, 0.25) is 0 Å². The fourth-order valence-corrected chi connectivity index (χ4v) is 3.72. The van der Waals surface area contributed by atoms with Crippen LogP contribution in [0.5, 0.6) is 11.5 Å². The zero-order valence-corrected chi connectivity index (χ0v) is 19.7. The van der Waals surface area contributed by atoms with Crippen LogP contribution in [0, 0.1) is 0 Å². The number of para-hydroxylation sites is 1. The van der Waals surface area contributed by atoms with E-state index in [-0.39, 0.29) is 5.41 Å². The highest BCUT2D eigenvalue weighted by molar-refractivity contribution is 5.87. The van der Waals surface area contributed by atoms with Crippen molar-refractivity contribution in [2.75, 3.05) is 26.6 Å². The summed E-state index contributed by atoms with van der Waals surface area (Å²) >= 11 is 0. The van der Waals surface area contributed by atoms with E-state index in [9.17, 15) is 0 Å². The highest BCUT2D eigenvalue weighted by Crippen LogP contribution is 2.41. The molecule has 31 heavy (non-hydrogen) atoms. The Morgan fingerprint density at radius 2 is 1.58 bits per heavy atom. The Bertz CT molecular complexity index is 1070. The van der Waals surface area contributed by atoms with E-state index >= 15 is 0 Å². The van der Waals surface area contributed by atoms with E-state index in [1.807, 2.05) is 19.2 Å². The molecule has 3 heteroatoms. The van der Waals surface area contributed by atoms with Crippen molar-refractivity contribution in [1.29, 1.82) is 0 Å². The number of benzene rings is 3. The molecule has 0 aliphatic rings. The number of allylic oxidation sites excluding steroid dienone is 1. The number of anilines is 1. The highest BCUT2D eigenvalue weighted by atomic mass is 16.5. The van der Waals surface area contributed by atoms with Gasteiger partial charge in [0, 0.05) is 18.3 Å². The molecule has 3 aromatic rings. The first-order valence-electron chi connectivity index (χ1n) is 10.6. The molecule has 0 amide bonds. The molecule has 0 aromatic heterocycles. The second-order valence-corrected chi connectivity index (χ2v) is 8.75. The van der Waals surface area contributed by atoms with Crippen molar-refractivity contribution in [2.24, 2.45) is 0 Å². The third-order valence-corrected chi connectivity index (χ3v) is 5.60. The van der Waals surface area contributed by atoms with Gasteiger partial charge in [-0.3, -0.25) is 0 Å². The number of hydrogen-bond acceptors (Lipinski definition) is 3. The predicted molar refractivity (Wildman–Crippen MR) is 133 cm³/mol. The minimum atomic E-state index is 0.113. The van der Waals surface area contributed by atoms with Crippen LogP contribution in [-0.2, 0) is 5.41 Å². The zero-order chi connectivity index (χ0) is 22.6. The van der Waals surface area contributed by atoms with Crippen molar-refractivity contribution >= 4 is 17.3 Å². The summed E-state index contributed by atoms with van der Waals surface area (Å²) in [5.74, 6) is 1.47. The van der Waals surface area contributed by atoms with Gasteiger partial charge in [0.1, 0.15) is 0 Å². The van der Waals surface area contributed by atoms with Crippen LogP contribution in [0.25, 0.3) is 22.8 Å². The number of rotatable bonds is 6. The lowest BCUT2D eigenvalue weighted by molar-refractivity contribution is 0.356. The van der Waals surface area contributed by atoms with E-state index in [1.165, 1.54) is 5.56 Å². The summed E-state index contributed by atoms with van der Waals surface area (Å²) in [7, 11) is 5.32. The van der Waals surface area contributed by atoms with Crippen LogP contribution in [-0.4, -0.2) is 21.3 Å². The Hall–Kier alpha value is -3.20. The van der Waals surface area contributed by atoms with Crippen LogP contribution in [0.4, 0.5) is 5.69 Å². The van der Waals surface area contributed by atoms with Crippen LogP contribution in [0.3, 0.4) is 0 Å². The van der Waals surface area contributed by atoms with E-state index in [0.29, 0.717) is 0 Å². The van der Waals surface area contributed by atoms with Crippen molar-refractivity contribution in [3.8, 4) is 22.6 Å². The molecule has 0 saturated heterocycles. The van der Waals surface area contributed by atoms with Gasteiger partial charge in [-0.1, -0.05) is 63.2 Å². The van der Waals surface area contributed by atoms with Gasteiger partial charge in [0.25, 0.3) is 0 Å². The van der Waals surface area contributed by atoms with Crippen LogP contribution in [0.15, 0.2) is 60.7 Å². The fourth-order valence-electron chi connectivity index (χ4n) is 3.72. The number of methoxy groups -OCH3 is 2. The standard InChI is InChI=1S/C28H33NO2/c1-19(16-21-10-8-9-11-25(21)29-5)22-17-24(27(31-7)26(18-22)30-6)20-12-14-23(15-13-20)28(2,3)4/h8-18,29H,1-7H3/b19-16+. The first-order valence-corrected chi connectivity index (χ1v) is 10.6. The molecule has 3 aromatic carbocycles. The van der Waals surface area contributed by atoms with Gasteiger partial charge >= 0.3 is 0 Å². The van der Waals surface area contributed by atoms with E-state index in [1.54, 1.807) is 14.2 Å². The molecule has 0 unspecified atom stereocenters. The van der Waals surface area contributed by atoms with Gasteiger partial charge < -0.3 is 14.8 Å². The van der Waals surface area contributed by atoms with Crippen molar-refractivity contribution in [2.45, 2.75) is 33.1 Å². The summed E-state index contributed by atoms with van der Waals surface area (Å²) in [5, 5.41) is 3.26. The Labute approximate surface area is 186 Å². The summed E-state index contributed by atoms with van der Waals surface area (Å²) in [6.45, 7) is 8.80. The second-order valence-electron chi connectivity index (χ2n) is 8.75. The molecular weight excluding hydrogens is 382 g/mol. The van der Waals surface area contributed by atoms with Gasteiger partial charge in [0.15, 0.2) is 11.5 Å². The molecule has 0 saturated carbocycles. The van der Waals surface area contributed by atoms with E-state index in [2.05, 4.69) is 87.6 Å². The lowest BCUT2D eigenvalue weighted by Gasteiger charge is -2.20. The molecule has 0 radical (unpaired) electrons. The van der Waals surface area contributed by atoms with Gasteiger partial charge in [-0.15, -0.1) is 0 Å². The SMILES string of the molecule is CNc1ccccc1/C=C(\C)c1cc(OC)c(OC)c(-c2ccc(C(C)(C)C)cc2)c1. The molecule has 0 aliphatic carbocycles. The molecule has 1 N–H and O–H groups in total. The van der Waals surface area contributed by atoms with Crippen molar-refractivity contribution < 1.29 is 9.47 Å². The van der Waals surface area contributed by atoms with E-state index in [0.717, 1.165) is 45.0 Å². The smallest absolute Gasteiger partial charge is 0.168 e. The van der Waals surface area contributed by atoms with Crippen LogP contribution < -0.4 is 14.8 Å². The third-order valence-electron chi connectivity index (χ3n) is 5.60. The van der Waals surface area contributed by atoms with Crippen LogP contribution in [0.1, 0.15) is 44.4 Å². The highest BCUT2D eigenvalue weighted by Gasteiger charge is 2.17. The second kappa shape index (κ2) is 9.30. The summed E-state index contributed by atoms with van der Waals surface area (Å²) in [4.78, 5) is 0. The first-order chi connectivity index (χ1) is 14.8. The van der Waals surface area contributed by atoms with Crippen molar-refractivity contribution in [3.05, 3.63) is 77.4 Å². The quantitative estimate of drug-likeness (QED) is 0.429. The zero-order valence-electron chi connectivity index (χ0n) is 19.7. The predicted octanol–water partition coefficient (Wildman–Crippen LogP) is 7.27. The average Bonchev–Trinajstić information content (AvgIpc) is 2.77. The van der Waals surface area contributed by atoms with Crippen LogP contribution in [0.2, 0.25) is 0 Å². The maximum atomic E-state index is 5.75. The Kier molecular flexibility index (Phi) is 6.74. The number of hydrogen-bond donors (Lipinski definition) is 1. The Balaban J connectivity index is 2.12. The lowest BCUT2D eigenvalue weighted by Crippen LogP contribution is -2.10. The Morgan fingerprint density at radius 3 is 2.16 bits per heavy atom. The number of nitrogens with one attached hydrogen (secondary N) is 1. The minimum absolute atomic E-state index is 0.113. The van der Waals surface area contributed by atoms with Crippen molar-refractivity contribution in [3.63, 3.8) is 0 Å². The molecule has 0 heterocycles. The normalized spacial score (nSPS) is 11.9. The van der Waals surface area contributed by atoms with Gasteiger partial charge in [0.05, 0.1) is 14.2 Å². The average molecular weight is 416 g/mol. The maximum absolute atomic E-state index is 5.75. The summed E-state index contributed by atoms with van der Waals surface area (Å²) in [5.41, 5.74) is 8.03. The summed E-state index contributed by atoms with van der Waals surface area (Å²) in [6.07, 6.45) is 2.19. The molecule has 0 spiro atoms. The molecular formula is C28H33NO2. The third kappa shape index (κ3) is 4.93. The lowest BCUT2D eigenvalue weighted by atomic mass is 9.86. The van der Waals surface area contributed by atoms with Gasteiger partial charge in [-0.25, -0.2) is 0 Å².